The van der Waals surface area contributed by atoms with Gasteiger partial charge in [0.05, 0.1) is 0 Å². The lowest BCUT2D eigenvalue weighted by atomic mass is 10.1. The number of rotatable bonds is 4. The highest BCUT2D eigenvalue weighted by atomic mass is 16.5. The lowest BCUT2D eigenvalue weighted by molar-refractivity contribution is -0.138. The summed E-state index contributed by atoms with van der Waals surface area (Å²) in [7, 11) is 0. The van der Waals surface area contributed by atoms with Crippen LogP contribution in [0.1, 0.15) is 6.92 Å². The summed E-state index contributed by atoms with van der Waals surface area (Å²) in [4.78, 5) is 25.6. The number of amides is 2. The van der Waals surface area contributed by atoms with Gasteiger partial charge in [-0.3, -0.25) is 19.7 Å². The number of hydrogen-bond acceptors (Lipinski definition) is 3. The lowest BCUT2D eigenvalue weighted by Crippen LogP contribution is -2.39. The van der Waals surface area contributed by atoms with Gasteiger partial charge in [-0.05, 0) is 31.2 Å². The molecule has 2 rings (SSSR count). The van der Waals surface area contributed by atoms with Gasteiger partial charge in [0.25, 0.3) is 5.91 Å². The highest BCUT2D eigenvalue weighted by Crippen LogP contribution is 2.26. The number of nitrogens with zero attached hydrogens (tertiary/aromatic N) is 1. The van der Waals surface area contributed by atoms with Crippen molar-refractivity contribution in [3.05, 3.63) is 60.7 Å². The maximum atomic E-state index is 12.6. The van der Waals surface area contributed by atoms with Gasteiger partial charge in [0.1, 0.15) is 5.92 Å². The van der Waals surface area contributed by atoms with Crippen LogP contribution < -0.4 is 10.4 Å². The molecule has 21 heavy (non-hydrogen) atoms. The maximum Gasteiger partial charge on any atom is 0.255 e. The van der Waals surface area contributed by atoms with Gasteiger partial charge >= 0.3 is 0 Å². The van der Waals surface area contributed by atoms with Crippen molar-refractivity contribution >= 4 is 23.2 Å². The fourth-order valence-corrected chi connectivity index (χ4v) is 1.96. The van der Waals surface area contributed by atoms with E-state index in [1.807, 2.05) is 36.4 Å². The molecular formula is C16H16N2O3. The molecule has 5 nitrogen and oxygen atoms in total. The van der Waals surface area contributed by atoms with Crippen LogP contribution in [-0.4, -0.2) is 17.0 Å². The van der Waals surface area contributed by atoms with Gasteiger partial charge in [0.15, 0.2) is 0 Å². The molecular weight excluding hydrogens is 268 g/mol. The smallest absolute Gasteiger partial charge is 0.255 e. The first kappa shape index (κ1) is 14.7. The number of carbonyl (C=O) groups excluding carboxylic acids is 2. The van der Waals surface area contributed by atoms with Crippen molar-refractivity contribution in [2.45, 2.75) is 6.92 Å². The normalized spacial score (nSPS) is 11.5. The topological polar surface area (TPSA) is 69.6 Å². The van der Waals surface area contributed by atoms with E-state index in [0.717, 1.165) is 0 Å². The minimum absolute atomic E-state index is 0.418. The van der Waals surface area contributed by atoms with Gasteiger partial charge in [0.2, 0.25) is 5.91 Å². The average Bonchev–Trinajstić information content (AvgIpc) is 2.55. The molecule has 2 aromatic carbocycles. The standard InChI is InChI=1S/C16H16N2O3/c1-12(15(19)17-21)16(20)18(13-8-4-2-5-9-13)14-10-6-3-7-11-14/h2-12,21H,1H3,(H,17,19)/t12-/m1/s1. The molecule has 0 fully saturated rings. The van der Waals surface area contributed by atoms with E-state index >= 15 is 0 Å². The second kappa shape index (κ2) is 6.67. The Morgan fingerprint density at radius 1 is 0.952 bits per heavy atom. The van der Waals surface area contributed by atoms with Gasteiger partial charge in [-0.1, -0.05) is 36.4 Å². The highest BCUT2D eigenvalue weighted by molar-refractivity contribution is 6.10. The summed E-state index contributed by atoms with van der Waals surface area (Å²) in [5, 5.41) is 8.71. The number of carbonyl (C=O) groups is 2. The van der Waals surface area contributed by atoms with Gasteiger partial charge < -0.3 is 0 Å². The van der Waals surface area contributed by atoms with Crippen LogP contribution in [-0.2, 0) is 9.59 Å². The van der Waals surface area contributed by atoms with E-state index in [1.165, 1.54) is 17.3 Å². The molecule has 0 saturated carbocycles. The predicted molar refractivity (Wildman–Crippen MR) is 79.1 cm³/mol. The molecule has 0 spiro atoms. The third-order valence-corrected chi connectivity index (χ3v) is 3.12. The summed E-state index contributed by atoms with van der Waals surface area (Å²) >= 11 is 0. The second-order valence-electron chi connectivity index (χ2n) is 4.54. The second-order valence-corrected chi connectivity index (χ2v) is 4.54. The number of anilines is 2. The Morgan fingerprint density at radius 3 is 1.76 bits per heavy atom. The number of nitrogens with one attached hydrogen (secondary N) is 1. The molecule has 108 valence electrons. The van der Waals surface area contributed by atoms with E-state index in [1.54, 1.807) is 24.3 Å². The monoisotopic (exact) mass is 284 g/mol. The van der Waals surface area contributed by atoms with Crippen LogP contribution in [0.15, 0.2) is 60.7 Å². The first-order valence-corrected chi connectivity index (χ1v) is 6.53. The van der Waals surface area contributed by atoms with Crippen molar-refractivity contribution in [2.75, 3.05) is 4.90 Å². The van der Waals surface area contributed by atoms with Gasteiger partial charge in [0, 0.05) is 11.4 Å². The minimum Gasteiger partial charge on any atom is -0.289 e. The Kier molecular flexibility index (Phi) is 4.68. The molecule has 2 N–H and O–H groups in total. The Hall–Kier alpha value is -2.66. The predicted octanol–water partition coefficient (Wildman–Crippen LogP) is 2.49. The molecule has 0 aliphatic carbocycles. The third-order valence-electron chi connectivity index (χ3n) is 3.12. The van der Waals surface area contributed by atoms with Crippen molar-refractivity contribution in [2.24, 2.45) is 5.92 Å². The molecule has 0 heterocycles. The van der Waals surface area contributed by atoms with Gasteiger partial charge in [-0.25, -0.2) is 5.48 Å². The minimum atomic E-state index is -1.00. The zero-order chi connectivity index (χ0) is 15.2. The highest BCUT2D eigenvalue weighted by Gasteiger charge is 2.28. The molecule has 0 aliphatic rings. The van der Waals surface area contributed by atoms with Crippen LogP contribution in [0, 0.1) is 5.92 Å². The Balaban J connectivity index is 2.42. The van der Waals surface area contributed by atoms with Crippen molar-refractivity contribution in [1.29, 1.82) is 0 Å². The average molecular weight is 284 g/mol. The summed E-state index contributed by atoms with van der Waals surface area (Å²) in [5.41, 5.74) is 2.83. The molecule has 0 aliphatic heterocycles. The van der Waals surface area contributed by atoms with Crippen LogP contribution in [0.3, 0.4) is 0 Å². The lowest BCUT2D eigenvalue weighted by Gasteiger charge is -2.25. The summed E-state index contributed by atoms with van der Waals surface area (Å²) in [6.45, 7) is 1.45. The maximum absolute atomic E-state index is 12.6. The van der Waals surface area contributed by atoms with E-state index in [0.29, 0.717) is 11.4 Å². The van der Waals surface area contributed by atoms with E-state index < -0.39 is 17.7 Å². The largest absolute Gasteiger partial charge is 0.289 e. The molecule has 2 amide bonds. The fraction of sp³-hybridized carbons (Fsp3) is 0.125. The van der Waals surface area contributed by atoms with Crippen LogP contribution in [0.4, 0.5) is 11.4 Å². The molecule has 0 saturated heterocycles. The third kappa shape index (κ3) is 3.27. The Morgan fingerprint density at radius 2 is 1.38 bits per heavy atom. The first-order chi connectivity index (χ1) is 10.1. The summed E-state index contributed by atoms with van der Waals surface area (Å²) < 4.78 is 0. The molecule has 2 aromatic rings. The van der Waals surface area contributed by atoms with Crippen LogP contribution in [0.2, 0.25) is 0 Å². The zero-order valence-corrected chi connectivity index (χ0v) is 11.6. The number of benzene rings is 2. The summed E-state index contributed by atoms with van der Waals surface area (Å²) in [6.07, 6.45) is 0. The number of hydrogen-bond donors (Lipinski definition) is 2. The quantitative estimate of drug-likeness (QED) is 0.515. The van der Waals surface area contributed by atoms with Crippen molar-refractivity contribution in [1.82, 2.24) is 5.48 Å². The molecule has 5 heteroatoms. The summed E-state index contributed by atoms with van der Waals surface area (Å²) in [5.74, 6) is -2.16. The van der Waals surface area contributed by atoms with Crippen molar-refractivity contribution in [3.63, 3.8) is 0 Å². The Bertz CT molecular complexity index is 574. The molecule has 1 atom stereocenters. The molecule has 0 aromatic heterocycles. The van der Waals surface area contributed by atoms with Crippen LogP contribution in [0.5, 0.6) is 0 Å². The van der Waals surface area contributed by atoms with E-state index in [4.69, 9.17) is 5.21 Å². The molecule has 0 radical (unpaired) electrons. The molecule has 0 bridgehead atoms. The van der Waals surface area contributed by atoms with Crippen molar-refractivity contribution < 1.29 is 14.8 Å². The SMILES string of the molecule is C[C@H](C(=O)NO)C(=O)N(c1ccccc1)c1ccccc1. The van der Waals surface area contributed by atoms with E-state index in [9.17, 15) is 9.59 Å². The Labute approximate surface area is 122 Å². The van der Waals surface area contributed by atoms with Gasteiger partial charge in [-0.15, -0.1) is 0 Å². The van der Waals surface area contributed by atoms with E-state index in [2.05, 4.69) is 0 Å². The number of para-hydroxylation sites is 2. The van der Waals surface area contributed by atoms with Crippen LogP contribution in [0.25, 0.3) is 0 Å². The van der Waals surface area contributed by atoms with Crippen molar-refractivity contribution in [3.8, 4) is 0 Å². The fourth-order valence-electron chi connectivity index (χ4n) is 1.96. The first-order valence-electron chi connectivity index (χ1n) is 6.53. The van der Waals surface area contributed by atoms with Gasteiger partial charge in [-0.2, -0.15) is 0 Å². The molecule has 0 unspecified atom stereocenters. The zero-order valence-electron chi connectivity index (χ0n) is 11.6. The summed E-state index contributed by atoms with van der Waals surface area (Å²) in [6, 6.07) is 18.1. The van der Waals surface area contributed by atoms with Crippen LogP contribution >= 0.6 is 0 Å². The number of hydroxylamine groups is 1. The van der Waals surface area contributed by atoms with E-state index in [-0.39, 0.29) is 0 Å².